The molecular weight excluding hydrogens is 406 g/mol. The maximum atomic E-state index is 12.4. The van der Waals surface area contributed by atoms with E-state index in [1.807, 2.05) is 43.1 Å². The summed E-state index contributed by atoms with van der Waals surface area (Å²) in [6.45, 7) is 2.44. The van der Waals surface area contributed by atoms with Crippen molar-refractivity contribution in [2.45, 2.75) is 24.4 Å². The summed E-state index contributed by atoms with van der Waals surface area (Å²) >= 11 is 3.39. The maximum absolute atomic E-state index is 12.4. The first-order valence-electron chi connectivity index (χ1n) is 7.55. The number of nitrogens with one attached hydrogen (secondary N) is 1. The fraction of sp³-hybridized carbons (Fsp3) is 0.235. The monoisotopic (exact) mass is 425 g/mol. The Morgan fingerprint density at radius 3 is 2.24 bits per heavy atom. The molecule has 0 radical (unpaired) electrons. The minimum Gasteiger partial charge on any atom is -0.325 e. The second kappa shape index (κ2) is 8.09. The number of benzene rings is 2. The summed E-state index contributed by atoms with van der Waals surface area (Å²) in [6.07, 6.45) is 0. The molecular formula is C17H20BrN3O3S. The van der Waals surface area contributed by atoms with Crippen LogP contribution in [0.3, 0.4) is 0 Å². The molecule has 8 heteroatoms. The molecule has 2 rings (SSSR count). The minimum absolute atomic E-state index is 0.00547. The number of primary sulfonamides is 1. The zero-order valence-corrected chi connectivity index (χ0v) is 16.3. The average Bonchev–Trinajstić information content (AvgIpc) is 2.55. The van der Waals surface area contributed by atoms with Crippen molar-refractivity contribution in [1.82, 2.24) is 4.90 Å². The van der Waals surface area contributed by atoms with Crippen LogP contribution in [-0.2, 0) is 21.4 Å². The van der Waals surface area contributed by atoms with Gasteiger partial charge in [-0.1, -0.05) is 28.1 Å². The van der Waals surface area contributed by atoms with E-state index in [1.165, 1.54) is 24.3 Å². The van der Waals surface area contributed by atoms with Crippen molar-refractivity contribution >= 4 is 37.5 Å². The zero-order chi connectivity index (χ0) is 18.6. The fourth-order valence-electron chi connectivity index (χ4n) is 2.19. The third kappa shape index (κ3) is 5.64. The summed E-state index contributed by atoms with van der Waals surface area (Å²) in [5.74, 6) is -0.178. The highest BCUT2D eigenvalue weighted by Gasteiger charge is 2.18. The van der Waals surface area contributed by atoms with Crippen LogP contribution in [-0.4, -0.2) is 32.3 Å². The molecule has 0 bridgehead atoms. The van der Waals surface area contributed by atoms with Crippen LogP contribution >= 0.6 is 15.9 Å². The van der Waals surface area contributed by atoms with E-state index in [0.29, 0.717) is 12.2 Å². The van der Waals surface area contributed by atoms with E-state index in [0.717, 1.165) is 10.0 Å². The number of carbonyl (C=O) groups is 1. The summed E-state index contributed by atoms with van der Waals surface area (Å²) in [4.78, 5) is 14.3. The highest BCUT2D eigenvalue weighted by atomic mass is 79.9. The Kier molecular flexibility index (Phi) is 6.34. The first-order valence-corrected chi connectivity index (χ1v) is 9.89. The second-order valence-electron chi connectivity index (χ2n) is 5.78. The topological polar surface area (TPSA) is 92.5 Å². The molecule has 0 saturated carbocycles. The molecule has 1 amide bonds. The number of halogens is 1. The van der Waals surface area contributed by atoms with E-state index in [9.17, 15) is 13.2 Å². The number of rotatable bonds is 6. The highest BCUT2D eigenvalue weighted by Crippen LogP contribution is 2.15. The Labute approximate surface area is 156 Å². The standard InChI is InChI=1S/C17H20BrN3O3S/c1-12(21(2)11-13-3-5-14(18)6-4-13)17(22)20-15-7-9-16(10-8-15)25(19,23)24/h3-10,12H,11H2,1-2H3,(H,20,22)(H2,19,23,24). The summed E-state index contributed by atoms with van der Waals surface area (Å²) in [7, 11) is -1.87. The van der Waals surface area contributed by atoms with Crippen molar-refractivity contribution < 1.29 is 13.2 Å². The van der Waals surface area contributed by atoms with Crippen LogP contribution in [0.2, 0.25) is 0 Å². The number of hydrogen-bond acceptors (Lipinski definition) is 4. The van der Waals surface area contributed by atoms with Crippen molar-refractivity contribution in [3.63, 3.8) is 0 Å². The molecule has 0 aliphatic heterocycles. The number of nitrogens with two attached hydrogens (primary N) is 1. The first-order chi connectivity index (χ1) is 11.7. The molecule has 0 aromatic heterocycles. The Morgan fingerprint density at radius 2 is 1.72 bits per heavy atom. The molecule has 1 unspecified atom stereocenters. The van der Waals surface area contributed by atoms with Crippen molar-refractivity contribution in [2.24, 2.45) is 5.14 Å². The van der Waals surface area contributed by atoms with Gasteiger partial charge in [0, 0.05) is 16.7 Å². The number of likely N-dealkylation sites (N-methyl/N-ethyl adjacent to an activating group) is 1. The van der Waals surface area contributed by atoms with Crippen molar-refractivity contribution in [1.29, 1.82) is 0 Å². The molecule has 0 aliphatic rings. The van der Waals surface area contributed by atoms with Gasteiger partial charge in [0.1, 0.15) is 0 Å². The third-order valence-electron chi connectivity index (χ3n) is 3.84. The molecule has 0 saturated heterocycles. The van der Waals surface area contributed by atoms with Gasteiger partial charge in [0.2, 0.25) is 15.9 Å². The molecule has 1 atom stereocenters. The highest BCUT2D eigenvalue weighted by molar-refractivity contribution is 9.10. The molecule has 0 fully saturated rings. The summed E-state index contributed by atoms with van der Waals surface area (Å²) in [5, 5.41) is 7.83. The van der Waals surface area contributed by atoms with Crippen LogP contribution < -0.4 is 10.5 Å². The van der Waals surface area contributed by atoms with Crippen LogP contribution in [0.25, 0.3) is 0 Å². The molecule has 3 N–H and O–H groups in total. The van der Waals surface area contributed by atoms with Gasteiger partial charge in [-0.25, -0.2) is 13.6 Å². The Bertz CT molecular complexity index is 836. The molecule has 2 aromatic carbocycles. The second-order valence-corrected chi connectivity index (χ2v) is 8.25. The van der Waals surface area contributed by atoms with Crippen LogP contribution in [0.1, 0.15) is 12.5 Å². The van der Waals surface area contributed by atoms with Crippen LogP contribution in [0, 0.1) is 0 Å². The predicted molar refractivity (Wildman–Crippen MR) is 102 cm³/mol. The van der Waals surface area contributed by atoms with E-state index in [-0.39, 0.29) is 16.8 Å². The van der Waals surface area contributed by atoms with Crippen LogP contribution in [0.4, 0.5) is 5.69 Å². The first kappa shape index (κ1) is 19.6. The van der Waals surface area contributed by atoms with E-state index in [1.54, 1.807) is 0 Å². The lowest BCUT2D eigenvalue weighted by atomic mass is 10.2. The quantitative estimate of drug-likeness (QED) is 0.743. The van der Waals surface area contributed by atoms with Crippen LogP contribution in [0.15, 0.2) is 57.9 Å². The lowest BCUT2D eigenvalue weighted by Crippen LogP contribution is -2.39. The van der Waals surface area contributed by atoms with E-state index in [4.69, 9.17) is 5.14 Å². The smallest absolute Gasteiger partial charge is 0.241 e. The molecule has 25 heavy (non-hydrogen) atoms. The third-order valence-corrected chi connectivity index (χ3v) is 5.29. The van der Waals surface area contributed by atoms with E-state index >= 15 is 0 Å². The largest absolute Gasteiger partial charge is 0.325 e. The average molecular weight is 426 g/mol. The zero-order valence-electron chi connectivity index (χ0n) is 13.9. The Balaban J connectivity index is 1.98. The number of anilines is 1. The van der Waals surface area contributed by atoms with Crippen molar-refractivity contribution in [3.8, 4) is 0 Å². The lowest BCUT2D eigenvalue weighted by molar-refractivity contribution is -0.120. The number of amides is 1. The van der Waals surface area contributed by atoms with Gasteiger partial charge in [-0.3, -0.25) is 9.69 Å². The van der Waals surface area contributed by atoms with Gasteiger partial charge in [0.15, 0.2) is 0 Å². The van der Waals surface area contributed by atoms with Gasteiger partial charge in [-0.2, -0.15) is 0 Å². The molecule has 134 valence electrons. The SMILES string of the molecule is CC(C(=O)Nc1ccc(S(N)(=O)=O)cc1)N(C)Cc1ccc(Br)cc1. The molecule has 2 aromatic rings. The number of carbonyl (C=O) groups excluding carboxylic acids is 1. The fourth-order valence-corrected chi connectivity index (χ4v) is 2.97. The van der Waals surface area contributed by atoms with Gasteiger partial charge >= 0.3 is 0 Å². The summed E-state index contributed by atoms with van der Waals surface area (Å²) in [5.41, 5.74) is 1.61. The van der Waals surface area contributed by atoms with Crippen LogP contribution in [0.5, 0.6) is 0 Å². The van der Waals surface area contributed by atoms with Gasteiger partial charge in [0.25, 0.3) is 0 Å². The Morgan fingerprint density at radius 1 is 1.16 bits per heavy atom. The lowest BCUT2D eigenvalue weighted by Gasteiger charge is -2.24. The molecule has 6 nitrogen and oxygen atoms in total. The van der Waals surface area contributed by atoms with Crippen molar-refractivity contribution in [2.75, 3.05) is 12.4 Å². The van der Waals surface area contributed by atoms with E-state index < -0.39 is 10.0 Å². The summed E-state index contributed by atoms with van der Waals surface area (Å²) in [6, 6.07) is 13.3. The van der Waals surface area contributed by atoms with Gasteiger partial charge in [-0.05, 0) is 55.9 Å². The summed E-state index contributed by atoms with van der Waals surface area (Å²) < 4.78 is 23.5. The minimum atomic E-state index is -3.74. The number of hydrogen-bond donors (Lipinski definition) is 2. The number of sulfonamides is 1. The van der Waals surface area contributed by atoms with Gasteiger partial charge in [0.05, 0.1) is 10.9 Å². The van der Waals surface area contributed by atoms with Gasteiger partial charge < -0.3 is 5.32 Å². The number of nitrogens with zero attached hydrogens (tertiary/aromatic N) is 1. The van der Waals surface area contributed by atoms with Gasteiger partial charge in [-0.15, -0.1) is 0 Å². The normalized spacial score (nSPS) is 12.8. The maximum Gasteiger partial charge on any atom is 0.241 e. The Hall–Kier alpha value is -1.74. The molecule has 0 aliphatic carbocycles. The predicted octanol–water partition coefficient (Wildman–Crippen LogP) is 2.56. The molecule has 0 spiro atoms. The van der Waals surface area contributed by atoms with Crippen molar-refractivity contribution in [3.05, 3.63) is 58.6 Å². The van der Waals surface area contributed by atoms with E-state index in [2.05, 4.69) is 21.2 Å². The molecule has 0 heterocycles.